The van der Waals surface area contributed by atoms with Crippen molar-refractivity contribution in [2.24, 2.45) is 0 Å². The Kier molecular flexibility index (Phi) is 6.70. The molecule has 1 aromatic heterocycles. The number of carbonyl (C=O) groups excluding carboxylic acids is 3. The lowest BCUT2D eigenvalue weighted by Crippen LogP contribution is -2.22. The van der Waals surface area contributed by atoms with Crippen LogP contribution in [-0.2, 0) is 20.7 Å². The number of esters is 1. The molecule has 2 aromatic carbocycles. The summed E-state index contributed by atoms with van der Waals surface area (Å²) in [7, 11) is 0. The summed E-state index contributed by atoms with van der Waals surface area (Å²) < 4.78 is 5.08. The Morgan fingerprint density at radius 2 is 1.69 bits per heavy atom. The second-order valence-electron chi connectivity index (χ2n) is 6.17. The number of ether oxygens (including phenoxy) is 1. The Labute approximate surface area is 171 Å². The molecule has 3 rings (SSSR count). The highest BCUT2D eigenvalue weighted by Gasteiger charge is 2.16. The Balaban J connectivity index is 1.58. The van der Waals surface area contributed by atoms with Gasteiger partial charge in [0.05, 0.1) is 23.4 Å². The molecule has 0 spiro atoms. The van der Waals surface area contributed by atoms with Crippen molar-refractivity contribution in [1.82, 2.24) is 4.98 Å². The lowest BCUT2D eigenvalue weighted by atomic mass is 10.1. The van der Waals surface area contributed by atoms with E-state index in [4.69, 9.17) is 4.74 Å². The highest BCUT2D eigenvalue weighted by molar-refractivity contribution is 7.13. The van der Waals surface area contributed by atoms with Gasteiger partial charge in [0.25, 0.3) is 5.91 Å². The normalized spacial score (nSPS) is 10.2. The van der Waals surface area contributed by atoms with Crippen molar-refractivity contribution in [1.29, 1.82) is 0 Å². The van der Waals surface area contributed by atoms with Crippen LogP contribution in [0.3, 0.4) is 0 Å². The lowest BCUT2D eigenvalue weighted by molar-refractivity contribution is -0.119. The van der Waals surface area contributed by atoms with Gasteiger partial charge in [0.2, 0.25) is 5.91 Å². The number of nitrogens with zero attached hydrogens (tertiary/aromatic N) is 1. The van der Waals surface area contributed by atoms with Gasteiger partial charge >= 0.3 is 5.97 Å². The van der Waals surface area contributed by atoms with Gasteiger partial charge in [-0.1, -0.05) is 42.5 Å². The standard InChI is InChI=1S/C21H19N3O4S/c1-14-13-29-21(22-14)24-19(26)12-28-20(27)16-9-5-6-10-17(16)23-18(25)11-15-7-3-2-4-8-15/h2-10,13H,11-12H2,1H3,(H,23,25)(H,22,24,26). The van der Waals surface area contributed by atoms with Crippen molar-refractivity contribution < 1.29 is 19.1 Å². The third kappa shape index (κ3) is 5.98. The van der Waals surface area contributed by atoms with Crippen LogP contribution in [0.4, 0.5) is 10.8 Å². The summed E-state index contributed by atoms with van der Waals surface area (Å²) in [4.78, 5) is 40.7. The summed E-state index contributed by atoms with van der Waals surface area (Å²) >= 11 is 1.29. The minimum absolute atomic E-state index is 0.173. The molecule has 0 atom stereocenters. The molecule has 0 saturated carbocycles. The number of amides is 2. The number of aromatic nitrogens is 1. The number of thiazole rings is 1. The van der Waals surface area contributed by atoms with Gasteiger partial charge in [-0.25, -0.2) is 9.78 Å². The highest BCUT2D eigenvalue weighted by Crippen LogP contribution is 2.17. The first-order chi connectivity index (χ1) is 14.0. The third-order valence-corrected chi connectivity index (χ3v) is 4.70. The van der Waals surface area contributed by atoms with E-state index in [0.29, 0.717) is 10.8 Å². The topological polar surface area (TPSA) is 97.4 Å². The summed E-state index contributed by atoms with van der Waals surface area (Å²) in [6, 6.07) is 15.8. The van der Waals surface area contributed by atoms with Crippen molar-refractivity contribution >= 4 is 39.9 Å². The number of benzene rings is 2. The molecule has 8 heteroatoms. The molecule has 0 unspecified atom stereocenters. The van der Waals surface area contributed by atoms with Crippen molar-refractivity contribution in [2.75, 3.05) is 17.2 Å². The fourth-order valence-electron chi connectivity index (χ4n) is 2.52. The first kappa shape index (κ1) is 20.2. The van der Waals surface area contributed by atoms with Crippen LogP contribution >= 0.6 is 11.3 Å². The van der Waals surface area contributed by atoms with Crippen LogP contribution in [0.5, 0.6) is 0 Å². The van der Waals surface area contributed by atoms with Gasteiger partial charge in [-0.2, -0.15) is 0 Å². The fourth-order valence-corrected chi connectivity index (χ4v) is 3.23. The van der Waals surface area contributed by atoms with E-state index in [2.05, 4.69) is 15.6 Å². The van der Waals surface area contributed by atoms with E-state index in [-0.39, 0.29) is 17.9 Å². The van der Waals surface area contributed by atoms with Gasteiger partial charge in [0.1, 0.15) is 0 Å². The van der Waals surface area contributed by atoms with Crippen LogP contribution < -0.4 is 10.6 Å². The molecule has 0 aliphatic heterocycles. The zero-order valence-electron chi connectivity index (χ0n) is 15.7. The second-order valence-corrected chi connectivity index (χ2v) is 7.03. The van der Waals surface area contributed by atoms with Crippen LogP contribution in [0.1, 0.15) is 21.6 Å². The maximum atomic E-state index is 12.4. The summed E-state index contributed by atoms with van der Waals surface area (Å²) in [6.45, 7) is 1.36. The monoisotopic (exact) mass is 409 g/mol. The van der Waals surface area contributed by atoms with E-state index in [9.17, 15) is 14.4 Å². The predicted octanol–water partition coefficient (Wildman–Crippen LogP) is 3.43. The van der Waals surface area contributed by atoms with Gasteiger partial charge in [-0.05, 0) is 24.6 Å². The largest absolute Gasteiger partial charge is 0.452 e. The Morgan fingerprint density at radius 1 is 0.966 bits per heavy atom. The van der Waals surface area contributed by atoms with Crippen molar-refractivity contribution in [3.8, 4) is 0 Å². The molecule has 29 heavy (non-hydrogen) atoms. The number of rotatable bonds is 7. The molecular formula is C21H19N3O4S. The molecule has 7 nitrogen and oxygen atoms in total. The van der Waals surface area contributed by atoms with Gasteiger partial charge in [-0.3, -0.25) is 14.9 Å². The molecule has 2 amide bonds. The van der Waals surface area contributed by atoms with Crippen LogP contribution in [0.25, 0.3) is 0 Å². The number of para-hydroxylation sites is 1. The number of aryl methyl sites for hydroxylation is 1. The molecule has 148 valence electrons. The first-order valence-corrected chi connectivity index (χ1v) is 9.71. The average Bonchev–Trinajstić information content (AvgIpc) is 3.11. The Bertz CT molecular complexity index is 1020. The van der Waals surface area contributed by atoms with Crippen LogP contribution in [0, 0.1) is 6.92 Å². The zero-order valence-corrected chi connectivity index (χ0v) is 16.5. The number of carbonyl (C=O) groups is 3. The minimum atomic E-state index is -0.703. The molecular weight excluding hydrogens is 390 g/mol. The maximum Gasteiger partial charge on any atom is 0.340 e. The molecule has 0 aliphatic rings. The summed E-state index contributed by atoms with van der Waals surface area (Å²) in [5.74, 6) is -1.45. The fraction of sp³-hybridized carbons (Fsp3) is 0.143. The van der Waals surface area contributed by atoms with Gasteiger partial charge in [-0.15, -0.1) is 11.3 Å². The van der Waals surface area contributed by atoms with Gasteiger partial charge < -0.3 is 10.1 Å². The van der Waals surface area contributed by atoms with E-state index in [1.54, 1.807) is 23.6 Å². The van der Waals surface area contributed by atoms with Crippen molar-refractivity contribution in [3.05, 3.63) is 76.8 Å². The van der Waals surface area contributed by atoms with E-state index in [0.717, 1.165) is 11.3 Å². The quantitative estimate of drug-likeness (QED) is 0.583. The number of nitrogens with one attached hydrogen (secondary N) is 2. The predicted molar refractivity (Wildman–Crippen MR) is 111 cm³/mol. The zero-order chi connectivity index (χ0) is 20.6. The molecule has 0 bridgehead atoms. The molecule has 0 radical (unpaired) electrons. The lowest BCUT2D eigenvalue weighted by Gasteiger charge is -2.11. The van der Waals surface area contributed by atoms with E-state index in [1.807, 2.05) is 37.3 Å². The maximum absolute atomic E-state index is 12.4. The van der Waals surface area contributed by atoms with Crippen LogP contribution in [0.15, 0.2) is 60.0 Å². The van der Waals surface area contributed by atoms with Crippen LogP contribution in [0.2, 0.25) is 0 Å². The highest BCUT2D eigenvalue weighted by atomic mass is 32.1. The number of anilines is 2. The molecule has 3 aromatic rings. The summed E-state index contributed by atoms with van der Waals surface area (Å²) in [5, 5.41) is 7.53. The molecule has 0 fully saturated rings. The minimum Gasteiger partial charge on any atom is -0.452 e. The van der Waals surface area contributed by atoms with Gasteiger partial charge in [0.15, 0.2) is 11.7 Å². The molecule has 0 saturated heterocycles. The third-order valence-electron chi connectivity index (χ3n) is 3.83. The summed E-state index contributed by atoms with van der Waals surface area (Å²) in [5.41, 5.74) is 2.16. The van der Waals surface area contributed by atoms with Crippen molar-refractivity contribution in [2.45, 2.75) is 13.3 Å². The SMILES string of the molecule is Cc1csc(NC(=O)COC(=O)c2ccccc2NC(=O)Cc2ccccc2)n1. The second kappa shape index (κ2) is 9.61. The van der Waals surface area contributed by atoms with E-state index < -0.39 is 18.5 Å². The first-order valence-electron chi connectivity index (χ1n) is 8.83. The number of hydrogen-bond donors (Lipinski definition) is 2. The average molecular weight is 409 g/mol. The Morgan fingerprint density at radius 3 is 2.41 bits per heavy atom. The number of hydrogen-bond acceptors (Lipinski definition) is 6. The van der Waals surface area contributed by atoms with Gasteiger partial charge in [0, 0.05) is 5.38 Å². The summed E-state index contributed by atoms with van der Waals surface area (Å²) in [6.07, 6.45) is 0.180. The molecule has 2 N–H and O–H groups in total. The smallest absolute Gasteiger partial charge is 0.340 e. The van der Waals surface area contributed by atoms with Crippen molar-refractivity contribution in [3.63, 3.8) is 0 Å². The van der Waals surface area contributed by atoms with Crippen LogP contribution in [-0.4, -0.2) is 29.4 Å². The molecule has 1 heterocycles. The Hall–Kier alpha value is -3.52. The van der Waals surface area contributed by atoms with E-state index in [1.165, 1.54) is 17.4 Å². The molecule has 0 aliphatic carbocycles. The van der Waals surface area contributed by atoms with E-state index >= 15 is 0 Å².